The summed E-state index contributed by atoms with van der Waals surface area (Å²) in [7, 11) is 0. The molecule has 5 rings (SSSR count). The molecule has 4 aliphatic rings. The molecule has 6 nitrogen and oxygen atoms in total. The highest BCUT2D eigenvalue weighted by atomic mass is 19.3. The summed E-state index contributed by atoms with van der Waals surface area (Å²) in [6, 6.07) is 5.33. The van der Waals surface area contributed by atoms with Crippen molar-refractivity contribution in [3.8, 4) is 11.4 Å². The molecule has 0 fully saturated rings. The number of ether oxygens (including phenoxy) is 1. The van der Waals surface area contributed by atoms with Crippen LogP contribution in [0.5, 0.6) is 0 Å². The second-order valence-corrected chi connectivity index (χ2v) is 8.23. The summed E-state index contributed by atoms with van der Waals surface area (Å²) in [6.45, 7) is 6.21. The van der Waals surface area contributed by atoms with E-state index in [1.165, 1.54) is 17.7 Å². The Morgan fingerprint density at radius 2 is 2.00 bits per heavy atom. The van der Waals surface area contributed by atoms with Crippen molar-refractivity contribution in [2.45, 2.75) is 39.3 Å². The van der Waals surface area contributed by atoms with Crippen LogP contribution in [0.2, 0.25) is 0 Å². The fraction of sp³-hybridized carbons (Fsp3) is 0.375. The topological polar surface area (TPSA) is 64.3 Å². The molecule has 0 saturated heterocycles. The van der Waals surface area contributed by atoms with E-state index in [-0.39, 0.29) is 5.56 Å². The van der Waals surface area contributed by atoms with Crippen molar-refractivity contribution in [3.05, 3.63) is 64.2 Å². The SMILES string of the molecule is Cc1nc2n3c(c(C4=CCOCC4)cc-2c(=N[C@H](C)c2cccc(C(F)F)c2F)n1)NCC3. The van der Waals surface area contributed by atoms with Crippen molar-refractivity contribution in [3.63, 3.8) is 0 Å². The lowest BCUT2D eigenvalue weighted by molar-refractivity contribution is 0.146. The van der Waals surface area contributed by atoms with Crippen LogP contribution in [0.4, 0.5) is 19.0 Å². The van der Waals surface area contributed by atoms with Crippen LogP contribution < -0.4 is 10.8 Å². The van der Waals surface area contributed by atoms with E-state index < -0.39 is 23.8 Å². The molecule has 172 valence electrons. The minimum atomic E-state index is -2.89. The maximum Gasteiger partial charge on any atom is 0.266 e. The highest BCUT2D eigenvalue weighted by Gasteiger charge is 2.26. The Labute approximate surface area is 189 Å². The van der Waals surface area contributed by atoms with Gasteiger partial charge in [-0.2, -0.15) is 0 Å². The number of alkyl halides is 2. The molecule has 0 spiro atoms. The van der Waals surface area contributed by atoms with E-state index in [4.69, 9.17) is 4.74 Å². The number of anilines is 1. The van der Waals surface area contributed by atoms with E-state index in [0.29, 0.717) is 24.5 Å². The molecule has 0 radical (unpaired) electrons. The number of nitrogens with one attached hydrogen (secondary N) is 1. The molecule has 1 aromatic rings. The molecule has 0 bridgehead atoms. The van der Waals surface area contributed by atoms with Gasteiger partial charge in [0.05, 0.1) is 30.4 Å². The molecule has 1 atom stereocenters. The highest BCUT2D eigenvalue weighted by molar-refractivity contribution is 5.80. The Bertz CT molecular complexity index is 1280. The number of benzene rings is 1. The number of aryl methyl sites for hydroxylation is 1. The van der Waals surface area contributed by atoms with Gasteiger partial charge in [-0.05, 0) is 31.9 Å². The monoisotopic (exact) mass is 455 g/mol. The van der Waals surface area contributed by atoms with Gasteiger partial charge in [0.1, 0.15) is 23.3 Å². The molecular weight excluding hydrogens is 431 g/mol. The molecule has 4 aliphatic heterocycles. The smallest absolute Gasteiger partial charge is 0.266 e. The van der Waals surface area contributed by atoms with Crippen molar-refractivity contribution < 1.29 is 17.9 Å². The molecular formula is C24H24F3N5O. The van der Waals surface area contributed by atoms with Crippen molar-refractivity contribution >= 4 is 11.4 Å². The molecule has 9 heteroatoms. The third-order valence-corrected chi connectivity index (χ3v) is 6.08. The molecule has 0 unspecified atom stereocenters. The van der Waals surface area contributed by atoms with Gasteiger partial charge in [0.15, 0.2) is 5.49 Å². The highest BCUT2D eigenvalue weighted by Crippen LogP contribution is 2.36. The number of aromatic nitrogens is 3. The second-order valence-electron chi connectivity index (χ2n) is 8.23. The van der Waals surface area contributed by atoms with Crippen LogP contribution in [-0.4, -0.2) is 34.3 Å². The largest absolute Gasteiger partial charge is 0.377 e. The van der Waals surface area contributed by atoms with Crippen molar-refractivity contribution in [2.75, 3.05) is 25.1 Å². The summed E-state index contributed by atoms with van der Waals surface area (Å²) in [5, 5.41) is 3.46. The van der Waals surface area contributed by atoms with E-state index in [2.05, 4.69) is 30.9 Å². The lowest BCUT2D eigenvalue weighted by atomic mass is 9.99. The van der Waals surface area contributed by atoms with Crippen LogP contribution in [0.3, 0.4) is 0 Å². The van der Waals surface area contributed by atoms with E-state index >= 15 is 0 Å². The molecule has 1 aromatic carbocycles. The molecule has 33 heavy (non-hydrogen) atoms. The van der Waals surface area contributed by atoms with Crippen molar-refractivity contribution in [1.29, 1.82) is 0 Å². The predicted molar refractivity (Wildman–Crippen MR) is 119 cm³/mol. The average Bonchev–Trinajstić information content (AvgIpc) is 3.29. The summed E-state index contributed by atoms with van der Waals surface area (Å²) in [5.74, 6) is 1.36. The number of pyridine rings is 1. The zero-order chi connectivity index (χ0) is 23.1. The minimum Gasteiger partial charge on any atom is -0.377 e. The summed E-state index contributed by atoms with van der Waals surface area (Å²) < 4.78 is 48.7. The summed E-state index contributed by atoms with van der Waals surface area (Å²) >= 11 is 0. The number of nitrogens with zero attached hydrogens (tertiary/aromatic N) is 4. The van der Waals surface area contributed by atoms with E-state index in [0.717, 1.165) is 48.3 Å². The fourth-order valence-electron chi connectivity index (χ4n) is 4.47. The third kappa shape index (κ3) is 3.90. The van der Waals surface area contributed by atoms with Gasteiger partial charge in [-0.25, -0.2) is 23.1 Å². The third-order valence-electron chi connectivity index (χ3n) is 6.08. The van der Waals surface area contributed by atoms with Crippen LogP contribution >= 0.6 is 0 Å². The lowest BCUT2D eigenvalue weighted by Gasteiger charge is -2.21. The normalized spacial score (nSPS) is 17.3. The predicted octanol–water partition coefficient (Wildman–Crippen LogP) is 4.66. The average molecular weight is 455 g/mol. The van der Waals surface area contributed by atoms with Gasteiger partial charge in [0.2, 0.25) is 0 Å². The number of fused-ring (bicyclic) bond motifs is 3. The molecule has 4 heterocycles. The Morgan fingerprint density at radius 3 is 2.76 bits per heavy atom. The number of halogens is 3. The van der Waals surface area contributed by atoms with Gasteiger partial charge < -0.3 is 14.6 Å². The van der Waals surface area contributed by atoms with Crippen molar-refractivity contribution in [2.24, 2.45) is 4.99 Å². The van der Waals surface area contributed by atoms with Crippen molar-refractivity contribution in [1.82, 2.24) is 14.5 Å². The fourth-order valence-corrected chi connectivity index (χ4v) is 4.47. The number of hydrogen-bond donors (Lipinski definition) is 1. The van der Waals surface area contributed by atoms with Crippen LogP contribution in [-0.2, 0) is 11.3 Å². The summed E-state index contributed by atoms with van der Waals surface area (Å²) in [5.41, 5.74) is 2.88. The van der Waals surface area contributed by atoms with Crippen LogP contribution in [0, 0.1) is 12.7 Å². The maximum absolute atomic E-state index is 14.8. The van der Waals surface area contributed by atoms with Crippen LogP contribution in [0.1, 0.15) is 48.3 Å². The minimum absolute atomic E-state index is 0.111. The zero-order valence-electron chi connectivity index (χ0n) is 18.4. The number of rotatable bonds is 4. The molecule has 0 aliphatic carbocycles. The Hall–Kier alpha value is -3.20. The van der Waals surface area contributed by atoms with E-state index in [1.807, 2.05) is 6.07 Å². The van der Waals surface area contributed by atoms with Gasteiger partial charge in [-0.1, -0.05) is 24.3 Å². The van der Waals surface area contributed by atoms with Gasteiger partial charge in [-0.3, -0.25) is 4.99 Å². The van der Waals surface area contributed by atoms with E-state index in [1.54, 1.807) is 13.8 Å². The molecule has 0 aromatic heterocycles. The van der Waals surface area contributed by atoms with Gasteiger partial charge >= 0.3 is 0 Å². The molecule has 1 N–H and O–H groups in total. The first-order valence-electron chi connectivity index (χ1n) is 11.0. The molecule has 0 amide bonds. The second kappa shape index (κ2) is 8.62. The van der Waals surface area contributed by atoms with E-state index in [9.17, 15) is 13.2 Å². The Morgan fingerprint density at radius 1 is 1.18 bits per heavy atom. The summed E-state index contributed by atoms with van der Waals surface area (Å²) in [4.78, 5) is 13.9. The first-order valence-corrected chi connectivity index (χ1v) is 11.0. The van der Waals surface area contributed by atoms with Gasteiger partial charge in [-0.15, -0.1) is 0 Å². The standard InChI is InChI=1S/C24H24F3N5O/c1-13(16-4-3-5-17(20(16)25)21(26)27)29-22-19-12-18(15-6-10-33-11-7-15)23-28-8-9-32(23)24(19)31-14(2)30-22/h3-6,12-13,21,28H,7-11H2,1-2H3/t13-/m1/s1. The van der Waals surface area contributed by atoms with Gasteiger partial charge in [0, 0.05) is 24.2 Å². The zero-order valence-corrected chi connectivity index (χ0v) is 18.4. The Kier molecular flexibility index (Phi) is 5.65. The first-order chi connectivity index (χ1) is 15.9. The lowest BCUT2D eigenvalue weighted by Crippen LogP contribution is -2.21. The van der Waals surface area contributed by atoms with Gasteiger partial charge in [0.25, 0.3) is 6.43 Å². The molecule has 0 saturated carbocycles. The first kappa shape index (κ1) is 21.6. The maximum atomic E-state index is 14.8. The summed E-state index contributed by atoms with van der Waals surface area (Å²) in [6.07, 6.45) is -0.0202. The quantitative estimate of drug-likeness (QED) is 0.622. The number of hydrogen-bond acceptors (Lipinski definition) is 5. The van der Waals surface area contributed by atoms with Crippen LogP contribution in [0.25, 0.3) is 17.0 Å². The Balaban J connectivity index is 1.69. The van der Waals surface area contributed by atoms with Crippen LogP contribution in [0.15, 0.2) is 35.3 Å².